The molecule has 2 aromatic carbocycles. The van der Waals surface area contributed by atoms with E-state index < -0.39 is 29.3 Å². The molecule has 0 spiro atoms. The fourth-order valence-corrected chi connectivity index (χ4v) is 3.72. The molecular weight excluding hydrogens is 417 g/mol. The van der Waals surface area contributed by atoms with E-state index in [0.29, 0.717) is 18.6 Å². The predicted octanol–water partition coefficient (Wildman–Crippen LogP) is 3.78. The van der Waals surface area contributed by atoms with Crippen LogP contribution in [0.15, 0.2) is 48.0 Å². The molecule has 0 radical (unpaired) electrons. The van der Waals surface area contributed by atoms with Crippen LogP contribution < -0.4 is 4.74 Å². The second kappa shape index (κ2) is 9.82. The fourth-order valence-electron chi connectivity index (χ4n) is 3.72. The fraction of sp³-hybridized carbons (Fsp3) is 0.333. The lowest BCUT2D eigenvalue weighted by molar-refractivity contribution is -0.140. The number of carbonyl (C=O) groups excluding carboxylic acids is 2. The number of benzene rings is 2. The quantitative estimate of drug-likeness (QED) is 0.279. The highest BCUT2D eigenvalue weighted by molar-refractivity contribution is 6.46. The Morgan fingerprint density at radius 3 is 2.59 bits per heavy atom. The smallest absolute Gasteiger partial charge is 0.295 e. The van der Waals surface area contributed by atoms with Gasteiger partial charge in [0.25, 0.3) is 11.7 Å². The summed E-state index contributed by atoms with van der Waals surface area (Å²) in [6, 6.07) is 8.67. The van der Waals surface area contributed by atoms with E-state index in [1.807, 2.05) is 13.8 Å². The summed E-state index contributed by atoms with van der Waals surface area (Å²) in [6.45, 7) is 4.36. The van der Waals surface area contributed by atoms with Crippen LogP contribution in [0.1, 0.15) is 37.4 Å². The standard InChI is InChI=1S/C24H26FNO6/c1-14(2)32-11-5-10-26-21(15-6-4-7-17(27)12-15)20(23(29)24(26)30)22(28)18-13-16(25)8-9-19(18)31-3/h4,6-9,12-14,21,27-28H,5,10-11H2,1-3H3/b22-20+. The summed E-state index contributed by atoms with van der Waals surface area (Å²) >= 11 is 0. The number of rotatable bonds is 8. The van der Waals surface area contributed by atoms with Crippen molar-refractivity contribution >= 4 is 17.4 Å². The van der Waals surface area contributed by atoms with Crippen LogP contribution in [0.4, 0.5) is 4.39 Å². The van der Waals surface area contributed by atoms with Gasteiger partial charge >= 0.3 is 0 Å². The van der Waals surface area contributed by atoms with Gasteiger partial charge in [-0.2, -0.15) is 0 Å². The Kier molecular flexibility index (Phi) is 7.15. The topological polar surface area (TPSA) is 96.3 Å². The second-order valence-corrected chi connectivity index (χ2v) is 7.71. The number of carbonyl (C=O) groups is 2. The third kappa shape index (κ3) is 4.75. The number of aliphatic hydroxyl groups excluding tert-OH is 1. The van der Waals surface area contributed by atoms with Crippen LogP contribution in [0.3, 0.4) is 0 Å². The van der Waals surface area contributed by atoms with Gasteiger partial charge in [0.05, 0.1) is 30.4 Å². The highest BCUT2D eigenvalue weighted by atomic mass is 19.1. The number of hydrogen-bond acceptors (Lipinski definition) is 6. The summed E-state index contributed by atoms with van der Waals surface area (Å²) in [7, 11) is 1.35. The minimum atomic E-state index is -0.964. The van der Waals surface area contributed by atoms with Gasteiger partial charge in [-0.1, -0.05) is 12.1 Å². The van der Waals surface area contributed by atoms with Gasteiger partial charge in [-0.3, -0.25) is 9.59 Å². The first-order chi connectivity index (χ1) is 15.2. The Morgan fingerprint density at radius 1 is 1.19 bits per heavy atom. The minimum Gasteiger partial charge on any atom is -0.508 e. The number of phenols is 1. The van der Waals surface area contributed by atoms with Crippen molar-refractivity contribution in [1.82, 2.24) is 4.90 Å². The average Bonchev–Trinajstić information content (AvgIpc) is 3.01. The van der Waals surface area contributed by atoms with Crippen LogP contribution in [0, 0.1) is 5.82 Å². The molecule has 0 bridgehead atoms. The highest BCUT2D eigenvalue weighted by Crippen LogP contribution is 2.41. The Morgan fingerprint density at radius 2 is 1.94 bits per heavy atom. The maximum absolute atomic E-state index is 13.9. The molecule has 7 nitrogen and oxygen atoms in total. The first kappa shape index (κ1) is 23.3. The number of Topliss-reactive ketones (excluding diaryl/α,β-unsaturated/α-hetero) is 1. The number of halogens is 1. The van der Waals surface area contributed by atoms with Crippen molar-refractivity contribution in [3.63, 3.8) is 0 Å². The van der Waals surface area contributed by atoms with Crippen molar-refractivity contribution in [2.24, 2.45) is 0 Å². The molecule has 1 unspecified atom stereocenters. The lowest BCUT2D eigenvalue weighted by atomic mass is 9.94. The van der Waals surface area contributed by atoms with E-state index in [1.54, 1.807) is 12.1 Å². The number of likely N-dealkylation sites (tertiary alicyclic amines) is 1. The van der Waals surface area contributed by atoms with Gasteiger partial charge in [-0.15, -0.1) is 0 Å². The van der Waals surface area contributed by atoms with Gasteiger partial charge in [0.2, 0.25) is 0 Å². The van der Waals surface area contributed by atoms with E-state index in [9.17, 15) is 24.2 Å². The minimum absolute atomic E-state index is 0.0210. The van der Waals surface area contributed by atoms with E-state index in [4.69, 9.17) is 9.47 Å². The average molecular weight is 443 g/mol. The summed E-state index contributed by atoms with van der Waals surface area (Å²) in [5.74, 6) is -2.78. The van der Waals surface area contributed by atoms with Crippen LogP contribution in [-0.4, -0.2) is 53.2 Å². The molecular formula is C24H26FNO6. The van der Waals surface area contributed by atoms with Gasteiger partial charge in [0.15, 0.2) is 0 Å². The Labute approximate surface area is 185 Å². The van der Waals surface area contributed by atoms with Crippen molar-refractivity contribution < 1.29 is 33.7 Å². The number of amides is 1. The van der Waals surface area contributed by atoms with E-state index in [2.05, 4.69) is 0 Å². The zero-order valence-corrected chi connectivity index (χ0v) is 18.2. The van der Waals surface area contributed by atoms with Gasteiger partial charge in [-0.25, -0.2) is 4.39 Å². The van der Waals surface area contributed by atoms with Crippen LogP contribution in [0.5, 0.6) is 11.5 Å². The van der Waals surface area contributed by atoms with E-state index in [0.717, 1.165) is 12.1 Å². The lowest BCUT2D eigenvalue weighted by Gasteiger charge is -2.25. The summed E-state index contributed by atoms with van der Waals surface area (Å²) in [4.78, 5) is 27.2. The van der Waals surface area contributed by atoms with Gasteiger partial charge in [0, 0.05) is 13.2 Å². The highest BCUT2D eigenvalue weighted by Gasteiger charge is 2.46. The second-order valence-electron chi connectivity index (χ2n) is 7.71. The zero-order valence-electron chi connectivity index (χ0n) is 18.2. The van der Waals surface area contributed by atoms with Gasteiger partial charge < -0.3 is 24.6 Å². The summed E-state index contributed by atoms with van der Waals surface area (Å²) in [6.07, 6.45) is 0.483. The van der Waals surface area contributed by atoms with Crippen molar-refractivity contribution in [3.05, 3.63) is 65.0 Å². The Bertz CT molecular complexity index is 1050. The number of aliphatic hydroxyl groups is 1. The molecule has 0 aromatic heterocycles. The molecule has 1 aliphatic heterocycles. The Balaban J connectivity index is 2.11. The van der Waals surface area contributed by atoms with Crippen LogP contribution in [-0.2, 0) is 14.3 Å². The molecule has 1 atom stereocenters. The lowest BCUT2D eigenvalue weighted by Crippen LogP contribution is -2.31. The van der Waals surface area contributed by atoms with Crippen molar-refractivity contribution in [1.29, 1.82) is 0 Å². The monoisotopic (exact) mass is 443 g/mol. The molecule has 1 amide bonds. The van der Waals surface area contributed by atoms with Crippen molar-refractivity contribution in [3.8, 4) is 11.5 Å². The van der Waals surface area contributed by atoms with Crippen LogP contribution in [0.2, 0.25) is 0 Å². The number of ether oxygens (including phenoxy) is 2. The van der Waals surface area contributed by atoms with Crippen LogP contribution in [0.25, 0.3) is 5.76 Å². The van der Waals surface area contributed by atoms with E-state index in [1.165, 1.54) is 30.2 Å². The number of hydrogen-bond donors (Lipinski definition) is 2. The molecule has 2 aromatic rings. The number of methoxy groups -OCH3 is 1. The molecule has 1 heterocycles. The number of nitrogens with zero attached hydrogens (tertiary/aromatic N) is 1. The molecule has 1 fully saturated rings. The number of ketones is 1. The van der Waals surface area contributed by atoms with Crippen LogP contribution >= 0.6 is 0 Å². The number of aromatic hydroxyl groups is 1. The molecule has 0 saturated carbocycles. The largest absolute Gasteiger partial charge is 0.508 e. The maximum Gasteiger partial charge on any atom is 0.295 e. The maximum atomic E-state index is 13.9. The Hall–Kier alpha value is -3.39. The molecule has 0 aliphatic carbocycles. The third-order valence-electron chi connectivity index (χ3n) is 5.14. The number of phenolic OH excluding ortho intramolecular Hbond substituents is 1. The first-order valence-electron chi connectivity index (χ1n) is 10.3. The van der Waals surface area contributed by atoms with Gasteiger partial charge in [-0.05, 0) is 56.2 Å². The molecule has 2 N–H and O–H groups in total. The summed E-state index contributed by atoms with van der Waals surface area (Å²) in [5, 5.41) is 21.0. The zero-order chi connectivity index (χ0) is 23.4. The third-order valence-corrected chi connectivity index (χ3v) is 5.14. The molecule has 1 aliphatic rings. The molecule has 170 valence electrons. The SMILES string of the molecule is COc1ccc(F)cc1/C(O)=C1\C(=O)C(=O)N(CCCOC(C)C)C1c1cccc(O)c1. The molecule has 32 heavy (non-hydrogen) atoms. The van der Waals surface area contributed by atoms with E-state index in [-0.39, 0.29) is 35.3 Å². The summed E-state index contributed by atoms with van der Waals surface area (Å²) < 4.78 is 24.7. The van der Waals surface area contributed by atoms with Crippen molar-refractivity contribution in [2.45, 2.75) is 32.4 Å². The molecule has 3 rings (SSSR count). The molecule has 1 saturated heterocycles. The normalized spacial score (nSPS) is 17.9. The summed E-state index contributed by atoms with van der Waals surface area (Å²) in [5.41, 5.74) is 0.193. The first-order valence-corrected chi connectivity index (χ1v) is 10.3. The molecule has 8 heteroatoms. The van der Waals surface area contributed by atoms with Crippen molar-refractivity contribution in [2.75, 3.05) is 20.3 Å². The predicted molar refractivity (Wildman–Crippen MR) is 116 cm³/mol. The van der Waals surface area contributed by atoms with E-state index >= 15 is 0 Å². The van der Waals surface area contributed by atoms with Gasteiger partial charge in [0.1, 0.15) is 23.1 Å².